The van der Waals surface area contributed by atoms with Gasteiger partial charge in [0.05, 0.1) is 16.8 Å². The van der Waals surface area contributed by atoms with Gasteiger partial charge in [-0.15, -0.1) is 0 Å². The molecule has 0 aliphatic carbocycles. The quantitative estimate of drug-likeness (QED) is 0.670. The number of carboxylic acids is 1. The zero-order valence-corrected chi connectivity index (χ0v) is 11.6. The Morgan fingerprint density at radius 3 is 2.90 bits per heavy atom. The number of nitrogens with zero attached hydrogens (tertiary/aromatic N) is 3. The number of benzene rings is 1. The van der Waals surface area contributed by atoms with Crippen molar-refractivity contribution in [3.05, 3.63) is 50.8 Å². The molecule has 0 atom stereocenters. The highest BCUT2D eigenvalue weighted by Crippen LogP contribution is 2.30. The minimum absolute atomic E-state index is 0.0258. The number of carbonyl (C=O) groups is 1. The number of ether oxygens (including phenoxy) is 1. The van der Waals surface area contributed by atoms with Gasteiger partial charge < -0.3 is 9.84 Å². The summed E-state index contributed by atoms with van der Waals surface area (Å²) in [6, 6.07) is 3.90. The first-order valence-electron chi connectivity index (χ1n) is 5.71. The van der Waals surface area contributed by atoms with E-state index in [1.165, 1.54) is 29.1 Å². The van der Waals surface area contributed by atoms with Gasteiger partial charge in [0, 0.05) is 24.2 Å². The van der Waals surface area contributed by atoms with Gasteiger partial charge in [-0.2, -0.15) is 5.10 Å². The van der Waals surface area contributed by atoms with E-state index in [0.717, 1.165) is 0 Å². The molecule has 0 radical (unpaired) electrons. The van der Waals surface area contributed by atoms with Crippen LogP contribution in [0.25, 0.3) is 0 Å². The molecule has 0 bridgehead atoms. The van der Waals surface area contributed by atoms with Crippen LogP contribution in [0.4, 0.5) is 5.69 Å². The topological polar surface area (TPSA) is 107 Å². The summed E-state index contributed by atoms with van der Waals surface area (Å²) in [7, 11) is 1.55. The second-order valence-electron chi connectivity index (χ2n) is 4.09. The number of rotatable bonds is 5. The fraction of sp³-hybridized carbons (Fsp3) is 0.167. The molecule has 1 heterocycles. The maximum Gasteiger partial charge on any atom is 0.339 e. The molecule has 8 nitrogen and oxygen atoms in total. The summed E-state index contributed by atoms with van der Waals surface area (Å²) in [4.78, 5) is 21.3. The normalized spacial score (nSPS) is 10.4. The third-order valence-electron chi connectivity index (χ3n) is 2.77. The standard InChI is InChI=1S/C12H10ClN3O5/c1-15-10(8(5-14-15)12(17)18)6-21-11-4-7(13)2-3-9(11)16(19)20/h2-5H,6H2,1H3,(H,17,18). The van der Waals surface area contributed by atoms with Gasteiger partial charge in [0.2, 0.25) is 0 Å². The number of halogens is 1. The van der Waals surface area contributed by atoms with Crippen LogP contribution in [-0.4, -0.2) is 25.8 Å². The van der Waals surface area contributed by atoms with Crippen molar-refractivity contribution in [3.63, 3.8) is 0 Å². The number of hydrogen-bond donors (Lipinski definition) is 1. The third-order valence-corrected chi connectivity index (χ3v) is 3.01. The summed E-state index contributed by atoms with van der Waals surface area (Å²) >= 11 is 5.78. The molecule has 110 valence electrons. The summed E-state index contributed by atoms with van der Waals surface area (Å²) in [6.45, 7) is -0.181. The largest absolute Gasteiger partial charge is 0.480 e. The van der Waals surface area contributed by atoms with Gasteiger partial charge in [0.25, 0.3) is 0 Å². The van der Waals surface area contributed by atoms with Crippen molar-refractivity contribution in [3.8, 4) is 5.75 Å². The van der Waals surface area contributed by atoms with E-state index in [1.807, 2.05) is 0 Å². The van der Waals surface area contributed by atoms with Crippen molar-refractivity contribution in [2.24, 2.45) is 7.05 Å². The van der Waals surface area contributed by atoms with Gasteiger partial charge in [-0.1, -0.05) is 11.6 Å². The first-order chi connectivity index (χ1) is 9.90. The van der Waals surface area contributed by atoms with E-state index in [0.29, 0.717) is 0 Å². The van der Waals surface area contributed by atoms with Gasteiger partial charge in [0.15, 0.2) is 5.75 Å². The number of aromatic carboxylic acids is 1. The first-order valence-corrected chi connectivity index (χ1v) is 6.09. The highest BCUT2D eigenvalue weighted by atomic mass is 35.5. The predicted molar refractivity (Wildman–Crippen MR) is 72.6 cm³/mol. The van der Waals surface area contributed by atoms with Crippen LogP contribution < -0.4 is 4.74 Å². The zero-order chi connectivity index (χ0) is 15.6. The fourth-order valence-corrected chi connectivity index (χ4v) is 1.88. The molecule has 2 rings (SSSR count). The van der Waals surface area contributed by atoms with Crippen LogP contribution in [-0.2, 0) is 13.7 Å². The van der Waals surface area contributed by atoms with Gasteiger partial charge in [-0.05, 0) is 6.07 Å². The molecule has 0 unspecified atom stereocenters. The molecular formula is C12H10ClN3O5. The smallest absolute Gasteiger partial charge is 0.339 e. The molecule has 1 N–H and O–H groups in total. The fourth-order valence-electron chi connectivity index (χ4n) is 1.71. The van der Waals surface area contributed by atoms with E-state index >= 15 is 0 Å². The molecule has 0 amide bonds. The molecule has 1 aromatic carbocycles. The minimum atomic E-state index is -1.15. The number of aryl methyl sites for hydroxylation is 1. The SMILES string of the molecule is Cn1ncc(C(=O)O)c1COc1cc(Cl)ccc1[N+](=O)[O-]. The minimum Gasteiger partial charge on any atom is -0.480 e. The number of nitro groups is 1. The van der Waals surface area contributed by atoms with Crippen LogP contribution >= 0.6 is 11.6 Å². The molecular weight excluding hydrogens is 302 g/mol. The van der Waals surface area contributed by atoms with Crippen LogP contribution in [0.15, 0.2) is 24.4 Å². The molecule has 21 heavy (non-hydrogen) atoms. The Bertz CT molecular complexity index is 713. The van der Waals surface area contributed by atoms with Crippen molar-refractivity contribution in [2.75, 3.05) is 0 Å². The van der Waals surface area contributed by atoms with Gasteiger partial charge in [0.1, 0.15) is 12.2 Å². The van der Waals surface area contributed by atoms with Crippen molar-refractivity contribution in [1.82, 2.24) is 9.78 Å². The maximum absolute atomic E-state index is 11.0. The predicted octanol–water partition coefficient (Wildman–Crippen LogP) is 2.26. The molecule has 0 saturated heterocycles. The lowest BCUT2D eigenvalue weighted by molar-refractivity contribution is -0.385. The van der Waals surface area contributed by atoms with E-state index in [2.05, 4.69) is 5.10 Å². The first kappa shape index (κ1) is 14.8. The monoisotopic (exact) mass is 311 g/mol. The Hall–Kier alpha value is -2.61. The van der Waals surface area contributed by atoms with Crippen LogP contribution in [0.3, 0.4) is 0 Å². The van der Waals surface area contributed by atoms with Crippen LogP contribution in [0.5, 0.6) is 5.75 Å². The summed E-state index contributed by atoms with van der Waals surface area (Å²) < 4.78 is 6.68. The van der Waals surface area contributed by atoms with Gasteiger partial charge in [-0.25, -0.2) is 4.79 Å². The van der Waals surface area contributed by atoms with Crippen LogP contribution in [0.1, 0.15) is 16.1 Å². The Morgan fingerprint density at radius 2 is 2.29 bits per heavy atom. The highest BCUT2D eigenvalue weighted by Gasteiger charge is 2.19. The number of carboxylic acid groups (broad SMARTS) is 1. The van der Waals surface area contributed by atoms with Crippen molar-refractivity contribution >= 4 is 23.3 Å². The molecule has 0 saturated carbocycles. The Labute approximate surface area is 123 Å². The second-order valence-corrected chi connectivity index (χ2v) is 4.53. The lowest BCUT2D eigenvalue weighted by Crippen LogP contribution is -2.09. The third kappa shape index (κ3) is 3.11. The van der Waals surface area contributed by atoms with Crippen LogP contribution in [0, 0.1) is 10.1 Å². The second kappa shape index (κ2) is 5.80. The molecule has 0 spiro atoms. The van der Waals surface area contributed by atoms with Crippen molar-refractivity contribution in [1.29, 1.82) is 0 Å². The summed E-state index contributed by atoms with van der Waals surface area (Å²) in [5.74, 6) is -1.19. The van der Waals surface area contributed by atoms with Crippen molar-refractivity contribution < 1.29 is 19.6 Å². The van der Waals surface area contributed by atoms with E-state index in [9.17, 15) is 14.9 Å². The Balaban J connectivity index is 2.28. The lowest BCUT2D eigenvalue weighted by Gasteiger charge is -2.08. The number of hydrogen-bond acceptors (Lipinski definition) is 5. The Kier molecular flexibility index (Phi) is 4.08. The summed E-state index contributed by atoms with van der Waals surface area (Å²) in [5, 5.41) is 24.0. The van der Waals surface area contributed by atoms with E-state index in [-0.39, 0.29) is 34.3 Å². The summed E-state index contributed by atoms with van der Waals surface area (Å²) in [5.41, 5.74) is 0.0115. The number of nitro benzene ring substituents is 1. The van der Waals surface area contributed by atoms with Crippen LogP contribution in [0.2, 0.25) is 5.02 Å². The average Bonchev–Trinajstić information content (AvgIpc) is 2.77. The Morgan fingerprint density at radius 1 is 1.57 bits per heavy atom. The molecule has 9 heteroatoms. The van der Waals surface area contributed by atoms with Crippen molar-refractivity contribution in [2.45, 2.75) is 6.61 Å². The lowest BCUT2D eigenvalue weighted by atomic mass is 10.2. The van der Waals surface area contributed by atoms with Gasteiger partial charge >= 0.3 is 11.7 Å². The van der Waals surface area contributed by atoms with E-state index < -0.39 is 10.9 Å². The molecule has 0 aliphatic rings. The number of aromatic nitrogens is 2. The maximum atomic E-state index is 11.0. The molecule has 2 aromatic rings. The van der Waals surface area contributed by atoms with Gasteiger partial charge in [-0.3, -0.25) is 14.8 Å². The zero-order valence-electron chi connectivity index (χ0n) is 10.8. The average molecular weight is 312 g/mol. The van der Waals surface area contributed by atoms with E-state index in [1.54, 1.807) is 7.05 Å². The van der Waals surface area contributed by atoms with E-state index in [4.69, 9.17) is 21.4 Å². The molecule has 0 aliphatic heterocycles. The molecule has 0 fully saturated rings. The molecule has 1 aromatic heterocycles. The highest BCUT2D eigenvalue weighted by molar-refractivity contribution is 6.30. The summed E-state index contributed by atoms with van der Waals surface area (Å²) in [6.07, 6.45) is 1.19.